The Labute approximate surface area is 163 Å². The lowest BCUT2D eigenvalue weighted by Gasteiger charge is -2.18. The highest BCUT2D eigenvalue weighted by molar-refractivity contribution is 6.42. The number of amides is 2. The average Bonchev–Trinajstić information content (AvgIpc) is 2.61. The van der Waals surface area contributed by atoms with E-state index in [1.807, 2.05) is 0 Å². The lowest BCUT2D eigenvalue weighted by atomic mass is 10.1. The number of nitrogens with zero attached hydrogens (tertiary/aromatic N) is 1. The van der Waals surface area contributed by atoms with Crippen molar-refractivity contribution in [1.29, 1.82) is 0 Å². The number of hydrogen-bond acceptors (Lipinski definition) is 2. The topological polar surface area (TPSA) is 49.4 Å². The van der Waals surface area contributed by atoms with Crippen LogP contribution in [-0.4, -0.2) is 30.3 Å². The fourth-order valence-electron chi connectivity index (χ4n) is 2.24. The highest BCUT2D eigenvalue weighted by Gasteiger charge is 2.30. The van der Waals surface area contributed by atoms with Crippen LogP contribution in [0.3, 0.4) is 0 Å². The Hall–Kier alpha value is -2.25. The molecule has 0 radical (unpaired) electrons. The molecular formula is C18H15Cl2F3N2O2. The number of halogens is 5. The molecule has 0 aliphatic rings. The number of carbonyl (C=O) groups is 2. The van der Waals surface area contributed by atoms with Crippen molar-refractivity contribution in [2.45, 2.75) is 12.7 Å². The molecule has 27 heavy (non-hydrogen) atoms. The van der Waals surface area contributed by atoms with Crippen molar-refractivity contribution >= 4 is 35.0 Å². The largest absolute Gasteiger partial charge is 0.416 e. The van der Waals surface area contributed by atoms with E-state index in [0.717, 1.165) is 12.1 Å². The number of carbonyl (C=O) groups excluding carboxylic acids is 2. The van der Waals surface area contributed by atoms with Crippen molar-refractivity contribution in [1.82, 2.24) is 10.2 Å². The molecule has 0 bridgehead atoms. The zero-order valence-corrected chi connectivity index (χ0v) is 15.6. The van der Waals surface area contributed by atoms with E-state index in [9.17, 15) is 22.8 Å². The zero-order valence-electron chi connectivity index (χ0n) is 14.1. The van der Waals surface area contributed by atoms with Crippen LogP contribution in [-0.2, 0) is 17.5 Å². The van der Waals surface area contributed by atoms with Gasteiger partial charge in [-0.25, -0.2) is 0 Å². The molecule has 0 saturated carbocycles. The van der Waals surface area contributed by atoms with Crippen LogP contribution < -0.4 is 5.32 Å². The van der Waals surface area contributed by atoms with Crippen LogP contribution in [0.2, 0.25) is 10.0 Å². The molecule has 0 fully saturated rings. The minimum atomic E-state index is -4.45. The molecular weight excluding hydrogens is 404 g/mol. The molecule has 0 spiro atoms. The highest BCUT2D eigenvalue weighted by atomic mass is 35.5. The number of hydrogen-bond donors (Lipinski definition) is 1. The van der Waals surface area contributed by atoms with Crippen LogP contribution >= 0.6 is 23.2 Å². The van der Waals surface area contributed by atoms with E-state index < -0.39 is 23.6 Å². The van der Waals surface area contributed by atoms with Gasteiger partial charge in [-0.3, -0.25) is 9.59 Å². The van der Waals surface area contributed by atoms with E-state index >= 15 is 0 Å². The van der Waals surface area contributed by atoms with Crippen molar-refractivity contribution in [3.05, 3.63) is 69.2 Å². The van der Waals surface area contributed by atoms with E-state index in [0.29, 0.717) is 10.6 Å². The average molecular weight is 419 g/mol. The Morgan fingerprint density at radius 2 is 1.78 bits per heavy atom. The maximum Gasteiger partial charge on any atom is 0.416 e. The lowest BCUT2D eigenvalue weighted by Crippen LogP contribution is -2.37. The van der Waals surface area contributed by atoms with Gasteiger partial charge in [0.2, 0.25) is 5.91 Å². The Balaban J connectivity index is 1.94. The lowest BCUT2D eigenvalue weighted by molar-refractivity contribution is -0.137. The minimum Gasteiger partial charge on any atom is -0.343 e. The molecule has 9 heteroatoms. The molecule has 0 aromatic heterocycles. The van der Waals surface area contributed by atoms with Gasteiger partial charge < -0.3 is 10.2 Å². The predicted molar refractivity (Wildman–Crippen MR) is 96.7 cm³/mol. The van der Waals surface area contributed by atoms with Crippen molar-refractivity contribution < 1.29 is 22.8 Å². The molecule has 0 heterocycles. The minimum absolute atomic E-state index is 0.0224. The van der Waals surface area contributed by atoms with Gasteiger partial charge in [0, 0.05) is 19.2 Å². The summed E-state index contributed by atoms with van der Waals surface area (Å²) in [4.78, 5) is 25.4. The second kappa shape index (κ2) is 8.63. The number of likely N-dealkylation sites (N-methyl/N-ethyl adjacent to an activating group) is 1. The highest BCUT2D eigenvalue weighted by Crippen LogP contribution is 2.29. The smallest absolute Gasteiger partial charge is 0.343 e. The van der Waals surface area contributed by atoms with Gasteiger partial charge in [-0.1, -0.05) is 35.3 Å². The van der Waals surface area contributed by atoms with Gasteiger partial charge in [0.05, 0.1) is 22.2 Å². The van der Waals surface area contributed by atoms with E-state index in [-0.39, 0.29) is 23.7 Å². The summed E-state index contributed by atoms with van der Waals surface area (Å²) >= 11 is 11.6. The Kier molecular flexibility index (Phi) is 6.73. The van der Waals surface area contributed by atoms with E-state index in [4.69, 9.17) is 23.2 Å². The molecule has 0 aliphatic heterocycles. The van der Waals surface area contributed by atoms with Gasteiger partial charge in [0.15, 0.2) is 0 Å². The molecule has 0 unspecified atom stereocenters. The molecule has 0 atom stereocenters. The third-order valence-electron chi connectivity index (χ3n) is 3.68. The monoisotopic (exact) mass is 418 g/mol. The van der Waals surface area contributed by atoms with Gasteiger partial charge in [0.25, 0.3) is 5.91 Å². The van der Waals surface area contributed by atoms with Crippen molar-refractivity contribution in [3.63, 3.8) is 0 Å². The second-order valence-electron chi connectivity index (χ2n) is 5.76. The van der Waals surface area contributed by atoms with Crippen LogP contribution in [0.5, 0.6) is 0 Å². The summed E-state index contributed by atoms with van der Waals surface area (Å²) in [7, 11) is 1.44. The van der Waals surface area contributed by atoms with Gasteiger partial charge in [0.1, 0.15) is 0 Å². The third kappa shape index (κ3) is 5.87. The molecule has 4 nitrogen and oxygen atoms in total. The summed E-state index contributed by atoms with van der Waals surface area (Å²) in [5.41, 5.74) is -0.219. The molecule has 2 aromatic rings. The molecule has 0 aliphatic carbocycles. The normalized spacial score (nSPS) is 11.2. The number of alkyl halides is 3. The van der Waals surface area contributed by atoms with Crippen LogP contribution in [0.15, 0.2) is 42.5 Å². The number of nitrogens with one attached hydrogen (secondary N) is 1. The predicted octanol–water partition coefficient (Wildman–Crippen LogP) is 4.40. The van der Waals surface area contributed by atoms with E-state index in [1.165, 1.54) is 42.3 Å². The molecule has 144 valence electrons. The van der Waals surface area contributed by atoms with Crippen molar-refractivity contribution in [2.24, 2.45) is 0 Å². The molecule has 2 amide bonds. The van der Waals surface area contributed by atoms with Gasteiger partial charge in [-0.2, -0.15) is 13.2 Å². The standard InChI is InChI=1S/C18H15Cl2F3N2O2/c1-25(10-11-3-2-4-13(7-11)18(21,22)23)16(26)9-24-17(27)12-5-6-14(19)15(20)8-12/h2-8H,9-10H2,1H3,(H,24,27). The summed E-state index contributed by atoms with van der Waals surface area (Å²) in [6, 6.07) is 9.01. The Morgan fingerprint density at radius 1 is 1.07 bits per heavy atom. The maximum absolute atomic E-state index is 12.7. The zero-order chi connectivity index (χ0) is 20.2. The quantitative estimate of drug-likeness (QED) is 0.781. The SMILES string of the molecule is CN(Cc1cccc(C(F)(F)F)c1)C(=O)CNC(=O)c1ccc(Cl)c(Cl)c1. The first kappa shape index (κ1) is 21.1. The Morgan fingerprint density at radius 3 is 2.41 bits per heavy atom. The first-order valence-corrected chi connectivity index (χ1v) is 8.47. The maximum atomic E-state index is 12.7. The molecule has 2 aromatic carbocycles. The third-order valence-corrected chi connectivity index (χ3v) is 4.42. The fourth-order valence-corrected chi connectivity index (χ4v) is 2.54. The summed E-state index contributed by atoms with van der Waals surface area (Å²) in [6.45, 7) is -0.333. The van der Waals surface area contributed by atoms with E-state index in [2.05, 4.69) is 5.32 Å². The second-order valence-corrected chi connectivity index (χ2v) is 6.57. The summed E-state index contributed by atoms with van der Waals surface area (Å²) in [5, 5.41) is 2.94. The van der Waals surface area contributed by atoms with Crippen LogP contribution in [0, 0.1) is 0 Å². The van der Waals surface area contributed by atoms with E-state index in [1.54, 1.807) is 0 Å². The molecule has 1 N–H and O–H groups in total. The summed E-state index contributed by atoms with van der Waals surface area (Å²) in [5.74, 6) is -0.977. The van der Waals surface area contributed by atoms with Gasteiger partial charge in [-0.05, 0) is 35.9 Å². The van der Waals surface area contributed by atoms with Crippen LogP contribution in [0.1, 0.15) is 21.5 Å². The number of benzene rings is 2. The Bertz CT molecular complexity index is 857. The number of rotatable bonds is 5. The van der Waals surface area contributed by atoms with Crippen LogP contribution in [0.4, 0.5) is 13.2 Å². The molecule has 2 rings (SSSR count). The first-order valence-electron chi connectivity index (χ1n) is 7.71. The summed E-state index contributed by atoms with van der Waals surface area (Å²) in [6.07, 6.45) is -4.45. The van der Waals surface area contributed by atoms with Crippen molar-refractivity contribution in [3.8, 4) is 0 Å². The van der Waals surface area contributed by atoms with Gasteiger partial charge in [-0.15, -0.1) is 0 Å². The first-order chi connectivity index (χ1) is 12.6. The fraction of sp³-hybridized carbons (Fsp3) is 0.222. The molecule has 0 saturated heterocycles. The summed E-state index contributed by atoms with van der Waals surface area (Å²) < 4.78 is 38.2. The van der Waals surface area contributed by atoms with Gasteiger partial charge >= 0.3 is 6.18 Å². The van der Waals surface area contributed by atoms with Crippen molar-refractivity contribution in [2.75, 3.05) is 13.6 Å². The van der Waals surface area contributed by atoms with Crippen LogP contribution in [0.25, 0.3) is 0 Å².